The minimum absolute atomic E-state index is 0.222. The molecule has 1 rings (SSSR count). The van der Waals surface area contributed by atoms with E-state index in [1.165, 1.54) is 18.2 Å². The Labute approximate surface area is 115 Å². The van der Waals surface area contributed by atoms with Gasteiger partial charge in [-0.3, -0.25) is 0 Å². The Balaban J connectivity index is 2.86. The van der Waals surface area contributed by atoms with Crippen LogP contribution in [0, 0.1) is 20.8 Å². The summed E-state index contributed by atoms with van der Waals surface area (Å²) in [7, 11) is 3.09. The van der Waals surface area contributed by atoms with Crippen molar-refractivity contribution in [1.82, 2.24) is 5.32 Å². The Morgan fingerprint density at radius 2 is 1.79 bits per heavy atom. The van der Waals surface area contributed by atoms with Crippen LogP contribution in [0.5, 0.6) is 5.75 Å². The summed E-state index contributed by atoms with van der Waals surface area (Å²) in [5.41, 5.74) is 2.62. The molecule has 1 atom stereocenters. The van der Waals surface area contributed by atoms with Crippen molar-refractivity contribution in [3.05, 3.63) is 28.8 Å². The second-order valence-corrected chi connectivity index (χ2v) is 5.06. The van der Waals surface area contributed by atoms with Crippen molar-refractivity contribution in [2.75, 3.05) is 20.8 Å². The molecule has 0 radical (unpaired) electrons. The normalized spacial score (nSPS) is 13.8. The van der Waals surface area contributed by atoms with Crippen molar-refractivity contribution >= 4 is 5.97 Å². The van der Waals surface area contributed by atoms with Crippen molar-refractivity contribution in [2.24, 2.45) is 0 Å². The van der Waals surface area contributed by atoms with Gasteiger partial charge < -0.3 is 14.8 Å². The minimum atomic E-state index is -0.847. The molecule has 0 bridgehead atoms. The standard InChI is InChI=1S/C15H23NO3/c1-10-7-12(3)13(8-11(10)2)19-9-15(4,16-5)14(17)18-6/h7-8,16H,9H2,1-6H3. The lowest BCUT2D eigenvalue weighted by molar-refractivity contribution is -0.148. The average Bonchev–Trinajstić information content (AvgIpc) is 2.40. The Morgan fingerprint density at radius 3 is 2.32 bits per heavy atom. The van der Waals surface area contributed by atoms with Gasteiger partial charge >= 0.3 is 5.97 Å². The van der Waals surface area contributed by atoms with E-state index in [1.807, 2.05) is 19.9 Å². The minimum Gasteiger partial charge on any atom is -0.491 e. The second-order valence-electron chi connectivity index (χ2n) is 5.06. The van der Waals surface area contributed by atoms with Gasteiger partial charge in [-0.1, -0.05) is 6.07 Å². The number of rotatable bonds is 5. The third kappa shape index (κ3) is 3.47. The molecule has 0 saturated carbocycles. The number of nitrogens with one attached hydrogen (secondary N) is 1. The fourth-order valence-corrected chi connectivity index (χ4v) is 1.77. The van der Waals surface area contributed by atoms with Gasteiger partial charge in [0, 0.05) is 0 Å². The molecule has 0 aliphatic heterocycles. The van der Waals surface area contributed by atoms with E-state index in [2.05, 4.69) is 18.3 Å². The van der Waals surface area contributed by atoms with Crippen molar-refractivity contribution in [2.45, 2.75) is 33.2 Å². The quantitative estimate of drug-likeness (QED) is 0.829. The number of aryl methyl sites for hydroxylation is 3. The number of likely N-dealkylation sites (N-methyl/N-ethyl adjacent to an activating group) is 1. The topological polar surface area (TPSA) is 47.6 Å². The van der Waals surface area contributed by atoms with E-state index in [0.29, 0.717) is 0 Å². The molecule has 0 amide bonds. The fraction of sp³-hybridized carbons (Fsp3) is 0.533. The number of esters is 1. The first kappa shape index (κ1) is 15.5. The molecule has 0 spiro atoms. The zero-order valence-electron chi connectivity index (χ0n) is 12.6. The highest BCUT2D eigenvalue weighted by Crippen LogP contribution is 2.23. The summed E-state index contributed by atoms with van der Waals surface area (Å²) in [4.78, 5) is 11.7. The van der Waals surface area contributed by atoms with E-state index in [9.17, 15) is 4.79 Å². The summed E-state index contributed by atoms with van der Waals surface area (Å²) in [6.07, 6.45) is 0. The van der Waals surface area contributed by atoms with Gasteiger partial charge in [0.25, 0.3) is 0 Å². The van der Waals surface area contributed by atoms with Gasteiger partial charge in [-0.25, -0.2) is 4.79 Å². The number of carbonyl (C=O) groups is 1. The van der Waals surface area contributed by atoms with Gasteiger partial charge in [0.05, 0.1) is 7.11 Å². The van der Waals surface area contributed by atoms with Crippen LogP contribution in [0.1, 0.15) is 23.6 Å². The first-order valence-corrected chi connectivity index (χ1v) is 6.32. The van der Waals surface area contributed by atoms with Crippen LogP contribution < -0.4 is 10.1 Å². The summed E-state index contributed by atoms with van der Waals surface area (Å²) in [6.45, 7) is 8.09. The van der Waals surface area contributed by atoms with E-state index in [0.717, 1.165) is 11.3 Å². The van der Waals surface area contributed by atoms with Crippen LogP contribution in [0.15, 0.2) is 12.1 Å². The highest BCUT2D eigenvalue weighted by Gasteiger charge is 2.33. The van der Waals surface area contributed by atoms with E-state index in [1.54, 1.807) is 14.0 Å². The molecule has 0 heterocycles. The highest BCUT2D eigenvalue weighted by atomic mass is 16.5. The van der Waals surface area contributed by atoms with Gasteiger partial charge in [-0.2, -0.15) is 0 Å². The number of ether oxygens (including phenoxy) is 2. The van der Waals surface area contributed by atoms with E-state index >= 15 is 0 Å². The van der Waals surface area contributed by atoms with Crippen molar-refractivity contribution < 1.29 is 14.3 Å². The SMILES string of the molecule is CNC(C)(COc1cc(C)c(C)cc1C)C(=O)OC. The maximum atomic E-state index is 11.7. The highest BCUT2D eigenvalue weighted by molar-refractivity contribution is 5.80. The summed E-state index contributed by atoms with van der Waals surface area (Å²) in [5, 5.41) is 2.95. The first-order valence-electron chi connectivity index (χ1n) is 6.32. The lowest BCUT2D eigenvalue weighted by Crippen LogP contribution is -2.52. The molecule has 0 fully saturated rings. The molecule has 1 aromatic rings. The number of methoxy groups -OCH3 is 1. The van der Waals surface area contributed by atoms with Crippen LogP contribution in [-0.4, -0.2) is 32.3 Å². The number of benzene rings is 1. The van der Waals surface area contributed by atoms with Crippen molar-refractivity contribution in [3.63, 3.8) is 0 Å². The molecular weight excluding hydrogens is 242 g/mol. The molecule has 0 saturated heterocycles. The zero-order valence-corrected chi connectivity index (χ0v) is 12.6. The molecule has 0 aromatic heterocycles. The third-order valence-electron chi connectivity index (χ3n) is 3.50. The lowest BCUT2D eigenvalue weighted by Gasteiger charge is -2.26. The summed E-state index contributed by atoms with van der Waals surface area (Å²) in [6, 6.07) is 4.08. The maximum Gasteiger partial charge on any atom is 0.329 e. The molecule has 0 aliphatic rings. The second kappa shape index (κ2) is 6.06. The van der Waals surface area contributed by atoms with Crippen molar-refractivity contribution in [1.29, 1.82) is 0 Å². The summed E-state index contributed by atoms with van der Waals surface area (Å²) in [5.74, 6) is 0.463. The fourth-order valence-electron chi connectivity index (χ4n) is 1.77. The van der Waals surface area contributed by atoms with Crippen LogP contribution in [0.2, 0.25) is 0 Å². The summed E-state index contributed by atoms with van der Waals surface area (Å²) >= 11 is 0. The van der Waals surface area contributed by atoms with Crippen LogP contribution in [0.25, 0.3) is 0 Å². The number of hydrogen-bond donors (Lipinski definition) is 1. The van der Waals surface area contributed by atoms with E-state index in [4.69, 9.17) is 9.47 Å². The molecular formula is C15H23NO3. The Bertz CT molecular complexity index is 471. The first-order chi connectivity index (χ1) is 8.84. The van der Waals surface area contributed by atoms with Gasteiger partial charge in [0.1, 0.15) is 17.9 Å². The lowest BCUT2D eigenvalue weighted by atomic mass is 10.0. The number of carbonyl (C=O) groups excluding carboxylic acids is 1. The molecule has 106 valence electrons. The monoisotopic (exact) mass is 265 g/mol. The van der Waals surface area contributed by atoms with E-state index in [-0.39, 0.29) is 12.6 Å². The average molecular weight is 265 g/mol. The Hall–Kier alpha value is -1.55. The van der Waals surface area contributed by atoms with Gasteiger partial charge in [0.15, 0.2) is 0 Å². The summed E-state index contributed by atoms with van der Waals surface area (Å²) < 4.78 is 10.6. The molecule has 1 aromatic carbocycles. The van der Waals surface area contributed by atoms with Crippen LogP contribution in [0.3, 0.4) is 0 Å². The molecule has 4 nitrogen and oxygen atoms in total. The Morgan fingerprint density at radius 1 is 1.21 bits per heavy atom. The maximum absolute atomic E-state index is 11.7. The van der Waals surface area contributed by atoms with Crippen molar-refractivity contribution in [3.8, 4) is 5.75 Å². The zero-order chi connectivity index (χ0) is 14.6. The van der Waals surface area contributed by atoms with E-state index < -0.39 is 5.54 Å². The van der Waals surface area contributed by atoms with Gasteiger partial charge in [-0.05, 0) is 57.5 Å². The van der Waals surface area contributed by atoms with Gasteiger partial charge in [-0.15, -0.1) is 0 Å². The largest absolute Gasteiger partial charge is 0.491 e. The van der Waals surface area contributed by atoms with Crippen LogP contribution >= 0.6 is 0 Å². The molecule has 4 heteroatoms. The molecule has 1 unspecified atom stereocenters. The Kier molecular flexibility index (Phi) is 4.95. The smallest absolute Gasteiger partial charge is 0.329 e. The van der Waals surface area contributed by atoms with Gasteiger partial charge in [0.2, 0.25) is 0 Å². The molecule has 19 heavy (non-hydrogen) atoms. The predicted octanol–water partition coefficient (Wildman–Crippen LogP) is 2.14. The van der Waals surface area contributed by atoms with Crippen LogP contribution in [-0.2, 0) is 9.53 Å². The van der Waals surface area contributed by atoms with Crippen LogP contribution in [0.4, 0.5) is 0 Å². The number of hydrogen-bond acceptors (Lipinski definition) is 4. The molecule has 1 N–H and O–H groups in total. The third-order valence-corrected chi connectivity index (χ3v) is 3.50. The molecule has 0 aliphatic carbocycles. The predicted molar refractivity (Wildman–Crippen MR) is 75.6 cm³/mol.